The minimum absolute atomic E-state index is 0.306. The second-order valence-electron chi connectivity index (χ2n) is 4.74. The Bertz CT molecular complexity index is 595. The molecule has 1 unspecified atom stereocenters. The standard InChI is InChI=1S/C16H16ClFO/c1-10-4-3-5-14(11(10)2)16(19)9-12-8-13(18)6-7-15(12)17/h3-8,16,19H,9H2,1-2H3. The van der Waals surface area contributed by atoms with E-state index in [1.54, 1.807) is 0 Å². The van der Waals surface area contributed by atoms with E-state index in [2.05, 4.69) is 0 Å². The molecular weight excluding hydrogens is 263 g/mol. The molecule has 2 aromatic carbocycles. The zero-order valence-electron chi connectivity index (χ0n) is 11.0. The maximum Gasteiger partial charge on any atom is 0.123 e. The second-order valence-corrected chi connectivity index (χ2v) is 5.15. The Morgan fingerprint density at radius 1 is 1.21 bits per heavy atom. The molecule has 0 saturated carbocycles. The van der Waals surface area contributed by atoms with Gasteiger partial charge in [0, 0.05) is 11.4 Å². The Kier molecular flexibility index (Phi) is 4.23. The topological polar surface area (TPSA) is 20.2 Å². The van der Waals surface area contributed by atoms with E-state index in [9.17, 15) is 9.50 Å². The van der Waals surface area contributed by atoms with Gasteiger partial charge in [0.15, 0.2) is 0 Å². The lowest BCUT2D eigenvalue weighted by molar-refractivity contribution is 0.177. The Labute approximate surface area is 117 Å². The molecule has 2 aromatic rings. The van der Waals surface area contributed by atoms with Gasteiger partial charge in [-0.2, -0.15) is 0 Å². The third-order valence-corrected chi connectivity index (χ3v) is 3.80. The van der Waals surface area contributed by atoms with Crippen molar-refractivity contribution in [3.05, 3.63) is 69.5 Å². The molecule has 1 N–H and O–H groups in total. The quantitative estimate of drug-likeness (QED) is 0.884. The molecule has 0 amide bonds. The highest BCUT2D eigenvalue weighted by molar-refractivity contribution is 6.31. The van der Waals surface area contributed by atoms with Crippen molar-refractivity contribution in [2.45, 2.75) is 26.4 Å². The van der Waals surface area contributed by atoms with Gasteiger partial charge < -0.3 is 5.11 Å². The van der Waals surface area contributed by atoms with Gasteiger partial charge in [0.1, 0.15) is 5.82 Å². The maximum absolute atomic E-state index is 13.2. The zero-order valence-corrected chi connectivity index (χ0v) is 11.7. The van der Waals surface area contributed by atoms with E-state index in [0.717, 1.165) is 16.7 Å². The molecule has 0 aliphatic rings. The van der Waals surface area contributed by atoms with Gasteiger partial charge in [-0.1, -0.05) is 29.8 Å². The van der Waals surface area contributed by atoms with Crippen LogP contribution in [0.1, 0.15) is 28.4 Å². The lowest BCUT2D eigenvalue weighted by Gasteiger charge is -2.16. The number of hydrogen-bond donors (Lipinski definition) is 1. The van der Waals surface area contributed by atoms with Gasteiger partial charge in [0.2, 0.25) is 0 Å². The Balaban J connectivity index is 2.28. The summed E-state index contributed by atoms with van der Waals surface area (Å²) in [5.41, 5.74) is 3.67. The average Bonchev–Trinajstić information content (AvgIpc) is 2.37. The third-order valence-electron chi connectivity index (χ3n) is 3.43. The summed E-state index contributed by atoms with van der Waals surface area (Å²) in [5.74, 6) is -0.340. The van der Waals surface area contributed by atoms with Gasteiger partial charge in [-0.25, -0.2) is 4.39 Å². The Morgan fingerprint density at radius 3 is 2.68 bits per heavy atom. The number of hydrogen-bond acceptors (Lipinski definition) is 1. The zero-order chi connectivity index (χ0) is 14.0. The molecule has 1 nitrogen and oxygen atoms in total. The summed E-state index contributed by atoms with van der Waals surface area (Å²) in [6.45, 7) is 3.97. The summed E-state index contributed by atoms with van der Waals surface area (Å²) in [5, 5.41) is 10.8. The number of benzene rings is 2. The first kappa shape index (κ1) is 14.0. The molecule has 2 rings (SSSR count). The van der Waals surface area contributed by atoms with Gasteiger partial charge in [-0.3, -0.25) is 0 Å². The maximum atomic E-state index is 13.2. The number of aliphatic hydroxyl groups is 1. The molecule has 0 aromatic heterocycles. The summed E-state index contributed by atoms with van der Waals surface area (Å²) < 4.78 is 13.2. The van der Waals surface area contributed by atoms with E-state index >= 15 is 0 Å². The van der Waals surface area contributed by atoms with Crippen LogP contribution in [-0.4, -0.2) is 5.11 Å². The molecule has 0 saturated heterocycles. The van der Waals surface area contributed by atoms with Crippen LogP contribution in [0.25, 0.3) is 0 Å². The minimum Gasteiger partial charge on any atom is -0.388 e. The van der Waals surface area contributed by atoms with Crippen LogP contribution in [-0.2, 0) is 6.42 Å². The molecule has 0 heterocycles. The molecule has 0 aliphatic carbocycles. The predicted molar refractivity (Wildman–Crippen MR) is 76.0 cm³/mol. The van der Waals surface area contributed by atoms with Crippen LogP contribution in [0.4, 0.5) is 4.39 Å². The fraction of sp³-hybridized carbons (Fsp3) is 0.250. The van der Waals surface area contributed by atoms with Gasteiger partial charge in [-0.05, 0) is 54.3 Å². The summed E-state index contributed by atoms with van der Waals surface area (Å²) in [6.07, 6.45) is -0.375. The fourth-order valence-corrected chi connectivity index (χ4v) is 2.35. The molecule has 1 atom stereocenters. The Morgan fingerprint density at radius 2 is 1.95 bits per heavy atom. The van der Waals surface area contributed by atoms with E-state index in [4.69, 9.17) is 11.6 Å². The van der Waals surface area contributed by atoms with Crippen molar-refractivity contribution in [2.24, 2.45) is 0 Å². The first-order valence-corrected chi connectivity index (χ1v) is 6.55. The highest BCUT2D eigenvalue weighted by Gasteiger charge is 2.14. The van der Waals surface area contributed by atoms with Crippen molar-refractivity contribution in [2.75, 3.05) is 0 Å². The van der Waals surface area contributed by atoms with E-state index < -0.39 is 6.10 Å². The third kappa shape index (κ3) is 3.14. The second kappa shape index (κ2) is 5.72. The molecule has 100 valence electrons. The van der Waals surface area contributed by atoms with E-state index in [-0.39, 0.29) is 5.82 Å². The fourth-order valence-electron chi connectivity index (χ4n) is 2.15. The van der Waals surface area contributed by atoms with E-state index in [0.29, 0.717) is 17.0 Å². The van der Waals surface area contributed by atoms with Crippen molar-refractivity contribution in [3.63, 3.8) is 0 Å². The number of aliphatic hydroxyl groups excluding tert-OH is 1. The smallest absolute Gasteiger partial charge is 0.123 e. The monoisotopic (exact) mass is 278 g/mol. The van der Waals surface area contributed by atoms with E-state index in [1.807, 2.05) is 32.0 Å². The average molecular weight is 279 g/mol. The van der Waals surface area contributed by atoms with Crippen molar-refractivity contribution < 1.29 is 9.50 Å². The largest absolute Gasteiger partial charge is 0.388 e. The summed E-state index contributed by atoms with van der Waals surface area (Å²) in [6, 6.07) is 10.0. The molecule has 0 radical (unpaired) electrons. The molecule has 0 spiro atoms. The van der Waals surface area contributed by atoms with Gasteiger partial charge >= 0.3 is 0 Å². The normalized spacial score (nSPS) is 12.5. The first-order valence-electron chi connectivity index (χ1n) is 6.17. The highest BCUT2D eigenvalue weighted by atomic mass is 35.5. The van der Waals surface area contributed by atoms with Crippen molar-refractivity contribution in [1.82, 2.24) is 0 Å². The Hall–Kier alpha value is -1.38. The van der Waals surface area contributed by atoms with E-state index in [1.165, 1.54) is 18.2 Å². The molecular formula is C16H16ClFO. The first-order chi connectivity index (χ1) is 8.99. The van der Waals surface area contributed by atoms with Crippen LogP contribution < -0.4 is 0 Å². The van der Waals surface area contributed by atoms with Crippen LogP contribution in [0.5, 0.6) is 0 Å². The van der Waals surface area contributed by atoms with Crippen molar-refractivity contribution >= 4 is 11.6 Å². The summed E-state index contributed by atoms with van der Waals surface area (Å²) in [4.78, 5) is 0. The lowest BCUT2D eigenvalue weighted by Crippen LogP contribution is -2.05. The van der Waals surface area contributed by atoms with Gasteiger partial charge in [0.25, 0.3) is 0 Å². The summed E-state index contributed by atoms with van der Waals surface area (Å²) >= 11 is 6.02. The van der Waals surface area contributed by atoms with Gasteiger partial charge in [-0.15, -0.1) is 0 Å². The van der Waals surface area contributed by atoms with Crippen LogP contribution in [0, 0.1) is 19.7 Å². The number of aryl methyl sites for hydroxylation is 1. The van der Waals surface area contributed by atoms with Crippen LogP contribution in [0.2, 0.25) is 5.02 Å². The molecule has 3 heteroatoms. The van der Waals surface area contributed by atoms with Crippen molar-refractivity contribution in [3.8, 4) is 0 Å². The predicted octanol–water partition coefficient (Wildman–Crippen LogP) is 4.37. The van der Waals surface area contributed by atoms with Crippen LogP contribution in [0.3, 0.4) is 0 Å². The molecule has 0 aliphatic heterocycles. The lowest BCUT2D eigenvalue weighted by atomic mass is 9.95. The SMILES string of the molecule is Cc1cccc(C(O)Cc2cc(F)ccc2Cl)c1C. The minimum atomic E-state index is -0.681. The number of halogens is 2. The van der Waals surface area contributed by atoms with Gasteiger partial charge in [0.05, 0.1) is 6.10 Å². The molecule has 0 bridgehead atoms. The summed E-state index contributed by atoms with van der Waals surface area (Å²) in [7, 11) is 0. The molecule has 19 heavy (non-hydrogen) atoms. The highest BCUT2D eigenvalue weighted by Crippen LogP contribution is 2.27. The van der Waals surface area contributed by atoms with Crippen LogP contribution in [0.15, 0.2) is 36.4 Å². The molecule has 0 fully saturated rings. The number of rotatable bonds is 3. The van der Waals surface area contributed by atoms with Crippen LogP contribution >= 0.6 is 11.6 Å². The van der Waals surface area contributed by atoms with Crippen molar-refractivity contribution in [1.29, 1.82) is 0 Å².